The van der Waals surface area contributed by atoms with E-state index in [1.807, 2.05) is 56.4 Å². The molecule has 5 nitrogen and oxygen atoms in total. The number of hydrogen-bond acceptors (Lipinski definition) is 4. The van der Waals surface area contributed by atoms with Gasteiger partial charge < -0.3 is 14.6 Å². The van der Waals surface area contributed by atoms with Gasteiger partial charge in [0.05, 0.1) is 13.2 Å². The standard InChI is InChI=1S/C19H20N2O3/c1-3-23-14-7-5-13(6-8-14)17-12-20-21-19(17)16-10-9-15(24-4-2)11-18(16)22/h5-12,22H,3-4H2,1-2H3,(H,20,21). The highest BCUT2D eigenvalue weighted by molar-refractivity contribution is 5.83. The molecule has 0 amide bonds. The van der Waals surface area contributed by atoms with Gasteiger partial charge in [0.2, 0.25) is 0 Å². The van der Waals surface area contributed by atoms with Crippen LogP contribution in [0.2, 0.25) is 0 Å². The fraction of sp³-hybridized carbons (Fsp3) is 0.211. The maximum absolute atomic E-state index is 10.3. The van der Waals surface area contributed by atoms with Crippen LogP contribution in [0.4, 0.5) is 0 Å². The molecule has 0 atom stereocenters. The molecule has 0 spiro atoms. The summed E-state index contributed by atoms with van der Waals surface area (Å²) in [6, 6.07) is 13.1. The lowest BCUT2D eigenvalue weighted by molar-refractivity contribution is 0.338. The highest BCUT2D eigenvalue weighted by Gasteiger charge is 2.14. The summed E-state index contributed by atoms with van der Waals surface area (Å²) in [4.78, 5) is 0. The maximum Gasteiger partial charge on any atom is 0.128 e. The molecule has 0 saturated carbocycles. The van der Waals surface area contributed by atoms with Gasteiger partial charge in [0.1, 0.15) is 22.9 Å². The average molecular weight is 324 g/mol. The van der Waals surface area contributed by atoms with Crippen molar-refractivity contribution in [2.45, 2.75) is 13.8 Å². The Labute approximate surface area is 140 Å². The van der Waals surface area contributed by atoms with Crippen molar-refractivity contribution in [3.8, 4) is 39.6 Å². The van der Waals surface area contributed by atoms with Crippen LogP contribution in [0.25, 0.3) is 22.4 Å². The molecule has 24 heavy (non-hydrogen) atoms. The zero-order valence-corrected chi connectivity index (χ0v) is 13.7. The Morgan fingerprint density at radius 3 is 2.25 bits per heavy atom. The molecule has 3 rings (SSSR count). The molecule has 3 aromatic rings. The summed E-state index contributed by atoms with van der Waals surface area (Å²) in [5.41, 5.74) is 3.26. The van der Waals surface area contributed by atoms with Gasteiger partial charge in [-0.15, -0.1) is 0 Å². The number of nitrogens with zero attached hydrogens (tertiary/aromatic N) is 1. The minimum Gasteiger partial charge on any atom is -0.507 e. The van der Waals surface area contributed by atoms with Gasteiger partial charge in [-0.3, -0.25) is 5.10 Å². The predicted molar refractivity (Wildman–Crippen MR) is 93.5 cm³/mol. The highest BCUT2D eigenvalue weighted by Crippen LogP contribution is 2.37. The van der Waals surface area contributed by atoms with Gasteiger partial charge >= 0.3 is 0 Å². The largest absolute Gasteiger partial charge is 0.507 e. The smallest absolute Gasteiger partial charge is 0.128 e. The van der Waals surface area contributed by atoms with Crippen molar-refractivity contribution in [3.05, 3.63) is 48.7 Å². The quantitative estimate of drug-likeness (QED) is 0.711. The van der Waals surface area contributed by atoms with Crippen LogP contribution >= 0.6 is 0 Å². The molecule has 0 bridgehead atoms. The fourth-order valence-electron chi connectivity index (χ4n) is 2.58. The van der Waals surface area contributed by atoms with Gasteiger partial charge in [-0.05, 0) is 43.7 Å². The number of rotatable bonds is 6. The van der Waals surface area contributed by atoms with Crippen LogP contribution in [0.15, 0.2) is 48.7 Å². The molecule has 1 aromatic heterocycles. The Hall–Kier alpha value is -2.95. The summed E-state index contributed by atoms with van der Waals surface area (Å²) in [5, 5.41) is 17.5. The van der Waals surface area contributed by atoms with E-state index >= 15 is 0 Å². The van der Waals surface area contributed by atoms with Crippen LogP contribution in [0, 0.1) is 0 Å². The van der Waals surface area contributed by atoms with E-state index in [2.05, 4.69) is 10.2 Å². The normalized spacial score (nSPS) is 10.6. The van der Waals surface area contributed by atoms with E-state index in [4.69, 9.17) is 9.47 Å². The minimum atomic E-state index is 0.139. The SMILES string of the molecule is CCOc1ccc(-c2c[nH]nc2-c2ccc(OCC)cc2O)cc1. The van der Waals surface area contributed by atoms with E-state index in [1.165, 1.54) is 0 Å². The molecule has 0 unspecified atom stereocenters. The molecule has 124 valence electrons. The van der Waals surface area contributed by atoms with Crippen LogP contribution in [-0.2, 0) is 0 Å². The van der Waals surface area contributed by atoms with Crippen molar-refractivity contribution in [2.24, 2.45) is 0 Å². The van der Waals surface area contributed by atoms with E-state index in [1.54, 1.807) is 6.07 Å². The lowest BCUT2D eigenvalue weighted by atomic mass is 10.0. The second-order valence-electron chi connectivity index (χ2n) is 5.22. The van der Waals surface area contributed by atoms with Gasteiger partial charge in [-0.1, -0.05) is 12.1 Å². The van der Waals surface area contributed by atoms with Gasteiger partial charge in [0, 0.05) is 23.4 Å². The number of benzene rings is 2. The number of aromatic amines is 1. The van der Waals surface area contributed by atoms with Crippen LogP contribution in [0.1, 0.15) is 13.8 Å². The zero-order valence-electron chi connectivity index (χ0n) is 13.7. The number of hydrogen-bond donors (Lipinski definition) is 2. The van der Waals surface area contributed by atoms with Crippen LogP contribution in [0.3, 0.4) is 0 Å². The number of H-pyrrole nitrogens is 1. The second-order valence-corrected chi connectivity index (χ2v) is 5.22. The predicted octanol–water partition coefficient (Wildman–Crippen LogP) is 4.25. The van der Waals surface area contributed by atoms with Crippen LogP contribution in [-0.4, -0.2) is 28.5 Å². The Balaban J connectivity index is 1.95. The Morgan fingerprint density at radius 2 is 1.58 bits per heavy atom. The third-order valence-corrected chi connectivity index (χ3v) is 3.65. The Morgan fingerprint density at radius 1 is 0.917 bits per heavy atom. The fourth-order valence-corrected chi connectivity index (χ4v) is 2.58. The summed E-state index contributed by atoms with van der Waals surface area (Å²) < 4.78 is 10.9. The van der Waals surface area contributed by atoms with Gasteiger partial charge in [0.15, 0.2) is 0 Å². The monoisotopic (exact) mass is 324 g/mol. The van der Waals surface area contributed by atoms with Crippen molar-refractivity contribution >= 4 is 0 Å². The molecule has 0 fully saturated rings. The first-order valence-corrected chi connectivity index (χ1v) is 7.96. The molecule has 2 N–H and O–H groups in total. The zero-order chi connectivity index (χ0) is 16.9. The first kappa shape index (κ1) is 15.9. The second kappa shape index (κ2) is 7.08. The molecule has 1 heterocycles. The van der Waals surface area contributed by atoms with Gasteiger partial charge in [0.25, 0.3) is 0 Å². The highest BCUT2D eigenvalue weighted by atomic mass is 16.5. The van der Waals surface area contributed by atoms with Crippen molar-refractivity contribution < 1.29 is 14.6 Å². The topological polar surface area (TPSA) is 67.4 Å². The van der Waals surface area contributed by atoms with E-state index in [9.17, 15) is 5.11 Å². The number of phenolic OH excluding ortho intramolecular Hbond substituents is 1. The Bertz CT molecular complexity index is 810. The van der Waals surface area contributed by atoms with Crippen LogP contribution < -0.4 is 9.47 Å². The van der Waals surface area contributed by atoms with Gasteiger partial charge in [-0.25, -0.2) is 0 Å². The number of aromatic hydroxyl groups is 1. The van der Waals surface area contributed by atoms with Crippen molar-refractivity contribution in [1.29, 1.82) is 0 Å². The summed E-state index contributed by atoms with van der Waals surface area (Å²) in [6.45, 7) is 5.05. The van der Waals surface area contributed by atoms with Crippen molar-refractivity contribution in [1.82, 2.24) is 10.2 Å². The molecule has 0 aliphatic carbocycles. The molecular formula is C19H20N2O3. The van der Waals surface area contributed by atoms with Crippen LogP contribution in [0.5, 0.6) is 17.2 Å². The number of aromatic nitrogens is 2. The Kier molecular flexibility index (Phi) is 4.70. The van der Waals surface area contributed by atoms with E-state index in [-0.39, 0.29) is 5.75 Å². The third-order valence-electron chi connectivity index (χ3n) is 3.65. The lowest BCUT2D eigenvalue weighted by Gasteiger charge is -2.09. The molecule has 2 aromatic carbocycles. The molecule has 0 saturated heterocycles. The first-order valence-electron chi connectivity index (χ1n) is 7.96. The third kappa shape index (κ3) is 3.20. The molecule has 0 aliphatic heterocycles. The summed E-state index contributed by atoms with van der Waals surface area (Å²) in [5.74, 6) is 1.60. The number of phenols is 1. The maximum atomic E-state index is 10.3. The van der Waals surface area contributed by atoms with Crippen molar-refractivity contribution in [3.63, 3.8) is 0 Å². The lowest BCUT2D eigenvalue weighted by Crippen LogP contribution is -1.92. The molecular weight excluding hydrogens is 304 g/mol. The van der Waals surface area contributed by atoms with Crippen molar-refractivity contribution in [2.75, 3.05) is 13.2 Å². The number of nitrogens with one attached hydrogen (secondary N) is 1. The molecule has 0 radical (unpaired) electrons. The summed E-state index contributed by atoms with van der Waals surface area (Å²) in [6.07, 6.45) is 1.82. The van der Waals surface area contributed by atoms with Gasteiger partial charge in [-0.2, -0.15) is 5.10 Å². The van der Waals surface area contributed by atoms with E-state index < -0.39 is 0 Å². The van der Waals surface area contributed by atoms with E-state index in [0.717, 1.165) is 16.9 Å². The first-order chi connectivity index (χ1) is 11.7. The van der Waals surface area contributed by atoms with E-state index in [0.29, 0.717) is 30.2 Å². The average Bonchev–Trinajstić information content (AvgIpc) is 3.06. The minimum absolute atomic E-state index is 0.139. The summed E-state index contributed by atoms with van der Waals surface area (Å²) in [7, 11) is 0. The molecule has 5 heteroatoms. The summed E-state index contributed by atoms with van der Waals surface area (Å²) >= 11 is 0. The molecule has 0 aliphatic rings. The number of ether oxygens (including phenoxy) is 2.